The van der Waals surface area contributed by atoms with Gasteiger partial charge in [-0.05, 0) is 90.9 Å². The number of phenolic OH excluding ortho intramolecular Hbond substituents is 1. The second kappa shape index (κ2) is 33.9. The van der Waals surface area contributed by atoms with E-state index in [-0.39, 0.29) is 76.1 Å². The molecule has 0 aliphatic carbocycles. The molecule has 94 heavy (non-hydrogen) atoms. The van der Waals surface area contributed by atoms with E-state index in [1.54, 1.807) is 131 Å². The first-order valence-corrected chi connectivity index (χ1v) is 31.5. The molecule has 3 heterocycles. The highest BCUT2D eigenvalue weighted by Gasteiger charge is 2.42. The van der Waals surface area contributed by atoms with Crippen LogP contribution in [0.4, 0.5) is 0 Å². The van der Waals surface area contributed by atoms with E-state index in [0.717, 1.165) is 0 Å². The summed E-state index contributed by atoms with van der Waals surface area (Å²) in [6.07, 6.45) is -0.659. The predicted octanol–water partition coefficient (Wildman–Crippen LogP) is 0.303. The molecule has 0 unspecified atom stereocenters. The van der Waals surface area contributed by atoms with E-state index in [4.69, 9.17) is 11.5 Å². The van der Waals surface area contributed by atoms with Gasteiger partial charge in [-0.25, -0.2) is 0 Å². The van der Waals surface area contributed by atoms with Crippen LogP contribution < -0.4 is 59.3 Å². The van der Waals surface area contributed by atoms with Crippen molar-refractivity contribution in [2.24, 2.45) is 23.3 Å². The normalized spacial score (nSPS) is 23.8. The minimum absolute atomic E-state index is 0.0297. The molecule has 2 fully saturated rings. The van der Waals surface area contributed by atoms with Crippen molar-refractivity contribution in [3.05, 3.63) is 138 Å². The standard InChI is InChI=1S/C67H85N13O14/c1-37(2)29-47-59(86)78-53(32-41-23-25-43(81)26-24-41)67(94)80-28-14-22-54(80)65(92)77-49(31-40-17-9-6-10-18-40)61(88)73-48(30-39-15-7-5-8-16-39)60(87)75-51(34-55(69)82)62(89)76-52(35-56(83)84)63(90)74-50(33-42-36-70-45-20-12-11-19-44(42)45)64(91)79-57(38(3)4)66(93)71-46(21-13-27-68)58(85)72-47/h5-12,15-20,23-26,36-38,46-54,57,70,81H,13-14,21-22,27-35,68H2,1-4H3,(H2,69,82)(H,71,93)(H,72,85)(H,73,88)(H,74,90)(H,75,87)(H,76,89)(H,77,92)(H,78,86)(H,79,91)(H,83,84)/t46-,47-,48+,49-,50-,51-,52+,53+,54-,57-/m0/s1. The number of nitrogens with one attached hydrogen (secondary N) is 10. The molecule has 0 spiro atoms. The molecule has 0 radical (unpaired) electrons. The van der Waals surface area contributed by atoms with Gasteiger partial charge in [0, 0.05) is 49.3 Å². The average Bonchev–Trinajstić information content (AvgIpc) is 1.60. The van der Waals surface area contributed by atoms with Gasteiger partial charge in [0.05, 0.1) is 12.8 Å². The molecule has 502 valence electrons. The number of primary amides is 1. The van der Waals surface area contributed by atoms with Crippen molar-refractivity contribution >= 4 is 81.9 Å². The summed E-state index contributed by atoms with van der Waals surface area (Å²) in [5.41, 5.74) is 14.3. The maximum absolute atomic E-state index is 15.2. The minimum Gasteiger partial charge on any atom is -0.508 e. The molecule has 0 saturated carbocycles. The summed E-state index contributed by atoms with van der Waals surface area (Å²) in [4.78, 5) is 177. The van der Waals surface area contributed by atoms with Crippen LogP contribution in [0.25, 0.3) is 10.9 Å². The zero-order valence-corrected chi connectivity index (χ0v) is 53.0. The van der Waals surface area contributed by atoms with Crippen molar-refractivity contribution in [1.29, 1.82) is 0 Å². The Morgan fingerprint density at radius 2 is 0.979 bits per heavy atom. The Bertz CT molecular complexity index is 3510. The number of carbonyl (C=O) groups is 12. The fraction of sp³-hybridized carbons (Fsp3) is 0.433. The van der Waals surface area contributed by atoms with Gasteiger partial charge in [0.1, 0.15) is 66.2 Å². The zero-order valence-electron chi connectivity index (χ0n) is 53.0. The lowest BCUT2D eigenvalue weighted by Gasteiger charge is -2.32. The molecule has 0 bridgehead atoms. The molecule has 16 N–H and O–H groups in total. The Morgan fingerprint density at radius 3 is 1.54 bits per heavy atom. The van der Waals surface area contributed by atoms with E-state index in [9.17, 15) is 63.0 Å². The maximum atomic E-state index is 15.2. The lowest BCUT2D eigenvalue weighted by Crippen LogP contribution is -2.62. The summed E-state index contributed by atoms with van der Waals surface area (Å²) in [6, 6.07) is 14.5. The van der Waals surface area contributed by atoms with Gasteiger partial charge in [-0.3, -0.25) is 57.5 Å². The molecular formula is C67H85N13O14. The van der Waals surface area contributed by atoms with Crippen LogP contribution in [-0.4, -0.2) is 165 Å². The summed E-state index contributed by atoms with van der Waals surface area (Å²) in [5, 5.41) is 44.9. The first-order chi connectivity index (χ1) is 44.9. The summed E-state index contributed by atoms with van der Waals surface area (Å²) in [7, 11) is 0. The third-order valence-electron chi connectivity index (χ3n) is 16.4. The van der Waals surface area contributed by atoms with Gasteiger partial charge in [0.25, 0.3) is 0 Å². The van der Waals surface area contributed by atoms with E-state index in [0.29, 0.717) is 39.6 Å². The van der Waals surface area contributed by atoms with E-state index >= 15 is 4.79 Å². The predicted molar refractivity (Wildman–Crippen MR) is 345 cm³/mol. The minimum atomic E-state index is -2.01. The number of aliphatic carboxylic acids is 1. The van der Waals surface area contributed by atoms with Gasteiger partial charge in [0.15, 0.2) is 0 Å². The summed E-state index contributed by atoms with van der Waals surface area (Å²) in [5.74, 6) is -13.1. The second-order valence-corrected chi connectivity index (χ2v) is 24.6. The monoisotopic (exact) mass is 1300 g/mol. The third-order valence-corrected chi connectivity index (χ3v) is 16.4. The Kier molecular flexibility index (Phi) is 25.7. The lowest BCUT2D eigenvalue weighted by molar-refractivity contribution is -0.142. The molecule has 2 aliphatic heterocycles. The molecule has 2 aliphatic rings. The molecule has 5 aromatic rings. The van der Waals surface area contributed by atoms with Crippen molar-refractivity contribution in [1.82, 2.24) is 57.7 Å². The van der Waals surface area contributed by atoms with Crippen LogP contribution in [-0.2, 0) is 83.2 Å². The number of H-pyrrole nitrogens is 1. The molecule has 4 aromatic carbocycles. The van der Waals surface area contributed by atoms with Gasteiger partial charge in [-0.2, -0.15) is 0 Å². The first kappa shape index (κ1) is 71.3. The summed E-state index contributed by atoms with van der Waals surface area (Å²) >= 11 is 0. The molecule has 10 atom stereocenters. The fourth-order valence-corrected chi connectivity index (χ4v) is 11.5. The van der Waals surface area contributed by atoms with Crippen LogP contribution in [0.2, 0.25) is 0 Å². The van der Waals surface area contributed by atoms with Gasteiger partial charge in [-0.1, -0.05) is 119 Å². The number of rotatable bonds is 18. The number of carboxylic acid groups (broad SMARTS) is 1. The number of fused-ring (bicyclic) bond motifs is 2. The molecular weight excluding hydrogens is 1210 g/mol. The van der Waals surface area contributed by atoms with Crippen LogP contribution >= 0.6 is 0 Å². The van der Waals surface area contributed by atoms with Crippen LogP contribution in [0.1, 0.15) is 94.9 Å². The number of para-hydroxylation sites is 1. The van der Waals surface area contributed by atoms with E-state index in [1.165, 1.54) is 17.0 Å². The number of carbonyl (C=O) groups excluding carboxylic acids is 11. The molecule has 2 saturated heterocycles. The Morgan fingerprint density at radius 1 is 0.521 bits per heavy atom. The smallest absolute Gasteiger partial charge is 0.305 e. The number of phenols is 1. The number of carboxylic acids is 1. The van der Waals surface area contributed by atoms with Crippen LogP contribution in [0.3, 0.4) is 0 Å². The Balaban J connectivity index is 1.32. The number of amides is 11. The Hall–Kier alpha value is -10.2. The topological polar surface area (TPSA) is 425 Å². The van der Waals surface area contributed by atoms with E-state index in [1.807, 2.05) is 0 Å². The number of benzene rings is 4. The number of hydrogen-bond donors (Lipinski definition) is 14. The van der Waals surface area contributed by atoms with Crippen LogP contribution in [0, 0.1) is 11.8 Å². The molecule has 11 amide bonds. The third kappa shape index (κ3) is 20.4. The van der Waals surface area contributed by atoms with E-state index in [2.05, 4.69) is 52.8 Å². The van der Waals surface area contributed by atoms with Crippen molar-refractivity contribution in [2.75, 3.05) is 13.1 Å². The van der Waals surface area contributed by atoms with Crippen molar-refractivity contribution in [3.63, 3.8) is 0 Å². The number of nitrogens with two attached hydrogens (primary N) is 2. The first-order valence-electron chi connectivity index (χ1n) is 31.5. The average molecular weight is 1300 g/mol. The van der Waals surface area contributed by atoms with Crippen LogP contribution in [0.5, 0.6) is 5.75 Å². The SMILES string of the molecule is CC(C)C[C@@H]1NC(=O)[C@H](CCCN)NC(=O)[C@H](C(C)C)NC(=O)[C@H](Cc2c[nH]c3ccccc23)NC(=O)[C@@H](CC(=O)O)NC(=O)[C@H](CC(N)=O)NC(=O)[C@@H](Cc2ccccc2)NC(=O)[C@H](Cc2ccccc2)NC(=O)[C@@H]2CCCN2C(=O)[C@@H](Cc2ccc(O)cc2)NC1=O. The number of nitrogens with zero attached hydrogens (tertiary/aromatic N) is 1. The van der Waals surface area contributed by atoms with Crippen molar-refractivity contribution < 1.29 is 67.7 Å². The highest BCUT2D eigenvalue weighted by atomic mass is 16.4. The number of aromatic amines is 1. The number of hydrogen-bond acceptors (Lipinski definition) is 14. The van der Waals surface area contributed by atoms with Crippen molar-refractivity contribution in [2.45, 2.75) is 159 Å². The lowest BCUT2D eigenvalue weighted by atomic mass is 9.98. The fourth-order valence-electron chi connectivity index (χ4n) is 11.5. The van der Waals surface area contributed by atoms with Gasteiger partial charge in [-0.15, -0.1) is 0 Å². The molecule has 1 aromatic heterocycles. The van der Waals surface area contributed by atoms with Crippen molar-refractivity contribution in [3.8, 4) is 5.75 Å². The van der Waals surface area contributed by atoms with Gasteiger partial charge >= 0.3 is 5.97 Å². The van der Waals surface area contributed by atoms with Crippen LogP contribution in [0.15, 0.2) is 115 Å². The number of aromatic hydroxyl groups is 1. The van der Waals surface area contributed by atoms with Gasteiger partial charge in [0.2, 0.25) is 65.0 Å². The molecule has 27 nitrogen and oxygen atoms in total. The quantitative estimate of drug-likeness (QED) is 0.0561. The maximum Gasteiger partial charge on any atom is 0.305 e. The molecule has 27 heteroatoms. The number of aromatic nitrogens is 1. The van der Waals surface area contributed by atoms with E-state index < -0.39 is 150 Å². The summed E-state index contributed by atoms with van der Waals surface area (Å²) in [6.45, 7) is 6.93. The summed E-state index contributed by atoms with van der Waals surface area (Å²) < 4.78 is 0. The highest BCUT2D eigenvalue weighted by Crippen LogP contribution is 2.23. The van der Waals surface area contributed by atoms with Gasteiger partial charge < -0.3 is 79.4 Å². The Labute approximate surface area is 543 Å². The largest absolute Gasteiger partial charge is 0.508 e. The zero-order chi connectivity index (χ0) is 68.2. The highest BCUT2D eigenvalue weighted by molar-refractivity contribution is 6.01. The second-order valence-electron chi connectivity index (χ2n) is 24.6. The molecule has 7 rings (SSSR count).